The molecule has 0 radical (unpaired) electrons. The maximum Gasteiger partial charge on any atom is 0.253 e. The maximum atomic E-state index is 14.8. The van der Waals surface area contributed by atoms with E-state index in [1.54, 1.807) is 20.1 Å². The smallest absolute Gasteiger partial charge is 0.253 e. The molecule has 1 aliphatic rings. The number of halogens is 1. The average Bonchev–Trinajstić information content (AvgIpc) is 2.77. The van der Waals surface area contributed by atoms with Crippen molar-refractivity contribution in [3.8, 4) is 5.75 Å². The largest absolute Gasteiger partial charge is 0.496 e. The zero-order chi connectivity index (χ0) is 24.5. The number of allylic oxidation sites excluding steroid dienone is 2. The predicted molar refractivity (Wildman–Crippen MR) is 131 cm³/mol. The van der Waals surface area contributed by atoms with Crippen LogP contribution in [0.4, 0.5) is 4.39 Å². The second-order valence-corrected chi connectivity index (χ2v) is 9.44. The Bertz CT molecular complexity index is 864. The second-order valence-electron chi connectivity index (χ2n) is 9.44. The Morgan fingerprint density at radius 2 is 2.00 bits per heavy atom. The number of carbonyl (C=O) groups is 1. The molecule has 2 rings (SSSR count). The molecule has 1 aromatic carbocycles. The molecular weight excluding hydrogens is 421 g/mol. The number of hydroxylamine groups is 1. The number of amides is 1. The van der Waals surface area contributed by atoms with Gasteiger partial charge in [0.05, 0.1) is 19.3 Å². The molecule has 1 aromatic rings. The molecule has 0 fully saturated rings. The van der Waals surface area contributed by atoms with Gasteiger partial charge in [-0.25, -0.2) is 4.39 Å². The molecule has 0 aliphatic heterocycles. The summed E-state index contributed by atoms with van der Waals surface area (Å²) in [6.07, 6.45) is 2.22. The highest BCUT2D eigenvalue weighted by Crippen LogP contribution is 2.40. The summed E-state index contributed by atoms with van der Waals surface area (Å²) in [7, 11) is 5.49. The number of likely N-dealkylation sites (N-methyl/N-ethyl adjacent to an activating group) is 1. The first-order valence-corrected chi connectivity index (χ1v) is 11.7. The van der Waals surface area contributed by atoms with E-state index in [2.05, 4.69) is 31.6 Å². The van der Waals surface area contributed by atoms with E-state index in [-0.39, 0.29) is 17.4 Å². The van der Waals surface area contributed by atoms with Crippen molar-refractivity contribution in [2.75, 3.05) is 40.9 Å². The van der Waals surface area contributed by atoms with Gasteiger partial charge in [0.15, 0.2) is 0 Å². The van der Waals surface area contributed by atoms with Crippen LogP contribution < -0.4 is 15.5 Å². The lowest BCUT2D eigenvalue weighted by molar-refractivity contribution is -0.117. The van der Waals surface area contributed by atoms with Crippen molar-refractivity contribution >= 4 is 5.91 Å². The Kier molecular flexibility index (Phi) is 10.5. The molecule has 7 heteroatoms. The number of carbonyl (C=O) groups excluding carboxylic acids is 1. The summed E-state index contributed by atoms with van der Waals surface area (Å²) >= 11 is 0. The maximum absolute atomic E-state index is 14.8. The average molecular weight is 462 g/mol. The van der Waals surface area contributed by atoms with Gasteiger partial charge in [-0.05, 0) is 44.8 Å². The Labute approximate surface area is 198 Å². The number of hydrogen-bond donors (Lipinski definition) is 2. The molecule has 1 amide bonds. The summed E-state index contributed by atoms with van der Waals surface area (Å²) in [4.78, 5) is 20.3. The molecule has 2 atom stereocenters. The fraction of sp³-hybridized carbons (Fsp3) is 0.577. The third-order valence-electron chi connectivity index (χ3n) is 6.17. The lowest BCUT2D eigenvalue weighted by Gasteiger charge is -2.25. The van der Waals surface area contributed by atoms with E-state index in [1.807, 2.05) is 37.2 Å². The van der Waals surface area contributed by atoms with Crippen LogP contribution in [0.2, 0.25) is 0 Å². The van der Waals surface area contributed by atoms with Crippen LogP contribution in [0.5, 0.6) is 5.75 Å². The minimum absolute atomic E-state index is 0.0964. The summed E-state index contributed by atoms with van der Waals surface area (Å²) in [5.74, 6) is 0.754. The van der Waals surface area contributed by atoms with Crippen molar-refractivity contribution in [1.82, 2.24) is 15.7 Å². The normalized spacial score (nSPS) is 17.4. The van der Waals surface area contributed by atoms with E-state index in [9.17, 15) is 9.18 Å². The fourth-order valence-electron chi connectivity index (χ4n) is 3.64. The molecule has 0 saturated heterocycles. The number of rotatable bonds is 12. The summed E-state index contributed by atoms with van der Waals surface area (Å²) in [5.41, 5.74) is 5.58. The Balaban J connectivity index is 2.18. The van der Waals surface area contributed by atoms with E-state index in [1.165, 1.54) is 0 Å². The molecular formula is C26H40FN3O3. The molecule has 0 bridgehead atoms. The highest BCUT2D eigenvalue weighted by molar-refractivity contribution is 5.97. The van der Waals surface area contributed by atoms with Crippen molar-refractivity contribution in [3.63, 3.8) is 0 Å². The van der Waals surface area contributed by atoms with Crippen LogP contribution in [-0.2, 0) is 16.2 Å². The van der Waals surface area contributed by atoms with Gasteiger partial charge in [-0.3, -0.25) is 4.79 Å². The lowest BCUT2D eigenvalue weighted by atomic mass is 9.84. The summed E-state index contributed by atoms with van der Waals surface area (Å²) < 4.78 is 20.6. The third-order valence-corrected chi connectivity index (χ3v) is 6.17. The summed E-state index contributed by atoms with van der Waals surface area (Å²) in [5, 5.41) is 2.82. The Morgan fingerprint density at radius 1 is 1.27 bits per heavy atom. The minimum atomic E-state index is -0.432. The molecule has 0 aromatic heterocycles. The number of methoxy groups -OCH3 is 1. The van der Waals surface area contributed by atoms with Crippen LogP contribution in [0.3, 0.4) is 0 Å². The zero-order valence-electron chi connectivity index (χ0n) is 21.1. The van der Waals surface area contributed by atoms with Gasteiger partial charge in [-0.1, -0.05) is 45.0 Å². The van der Waals surface area contributed by atoms with Crippen molar-refractivity contribution in [2.45, 2.75) is 46.6 Å². The van der Waals surface area contributed by atoms with Gasteiger partial charge < -0.3 is 19.8 Å². The summed E-state index contributed by atoms with van der Waals surface area (Å²) in [6.45, 7) is 10.5. The van der Waals surface area contributed by atoms with Gasteiger partial charge in [0.2, 0.25) is 0 Å². The van der Waals surface area contributed by atoms with Crippen LogP contribution in [0.25, 0.3) is 0 Å². The van der Waals surface area contributed by atoms with Gasteiger partial charge >= 0.3 is 0 Å². The van der Waals surface area contributed by atoms with Gasteiger partial charge in [-0.2, -0.15) is 5.48 Å². The van der Waals surface area contributed by atoms with Crippen LogP contribution >= 0.6 is 0 Å². The van der Waals surface area contributed by atoms with Crippen molar-refractivity contribution < 1.29 is 18.8 Å². The van der Waals surface area contributed by atoms with E-state index >= 15 is 0 Å². The van der Waals surface area contributed by atoms with Gasteiger partial charge in [-0.15, -0.1) is 0 Å². The van der Waals surface area contributed by atoms with Crippen LogP contribution in [0.15, 0.2) is 41.2 Å². The number of nitrogens with one attached hydrogen (secondary N) is 2. The molecule has 6 nitrogen and oxygen atoms in total. The molecule has 33 heavy (non-hydrogen) atoms. The van der Waals surface area contributed by atoms with E-state index in [4.69, 9.17) is 9.57 Å². The lowest BCUT2D eigenvalue weighted by Crippen LogP contribution is -2.33. The van der Waals surface area contributed by atoms with Gasteiger partial charge in [0.25, 0.3) is 5.91 Å². The predicted octanol–water partition coefficient (Wildman–Crippen LogP) is 4.34. The topological polar surface area (TPSA) is 62.8 Å². The highest BCUT2D eigenvalue weighted by Gasteiger charge is 2.27. The van der Waals surface area contributed by atoms with Crippen LogP contribution in [0, 0.1) is 11.8 Å². The number of nitrogens with zero attached hydrogens (tertiary/aromatic N) is 1. The Hall–Kier alpha value is -2.22. The molecule has 184 valence electrons. The SMILES string of the molecule is COc1c(CNOC[C@H](C)C(C)C)cccc1C1C=C(C(=O)NCCN(C)C)C(F)=C(C)C1. The molecule has 0 heterocycles. The standard InChI is InChI=1S/C26H40FN3O3/c1-17(2)19(4)16-33-29-15-20-9-8-10-22(25(20)32-7)21-13-18(3)24(27)23(14-21)26(31)28-11-12-30(5)6/h8-10,14,17,19,21,29H,11-13,15-16H2,1-7H3,(H,28,31)/t19-,21?/m0/s1. The molecule has 1 aliphatic carbocycles. The fourth-order valence-corrected chi connectivity index (χ4v) is 3.64. The van der Waals surface area contributed by atoms with Crippen LogP contribution in [-0.4, -0.2) is 51.7 Å². The van der Waals surface area contributed by atoms with E-state index in [0.29, 0.717) is 50.1 Å². The number of benzene rings is 1. The first-order valence-electron chi connectivity index (χ1n) is 11.7. The van der Waals surface area contributed by atoms with E-state index in [0.717, 1.165) is 16.9 Å². The summed E-state index contributed by atoms with van der Waals surface area (Å²) in [6, 6.07) is 5.92. The van der Waals surface area contributed by atoms with Crippen molar-refractivity contribution in [2.24, 2.45) is 11.8 Å². The van der Waals surface area contributed by atoms with Crippen molar-refractivity contribution in [1.29, 1.82) is 0 Å². The quantitative estimate of drug-likeness (QED) is 0.358. The first kappa shape index (κ1) is 27.0. The third kappa shape index (κ3) is 7.66. The number of para-hydroxylation sites is 1. The highest BCUT2D eigenvalue weighted by atomic mass is 19.1. The zero-order valence-corrected chi connectivity index (χ0v) is 21.1. The molecule has 0 spiro atoms. The second kappa shape index (κ2) is 12.9. The molecule has 1 unspecified atom stereocenters. The number of ether oxygens (including phenoxy) is 1. The van der Waals surface area contributed by atoms with Crippen molar-refractivity contribution in [3.05, 3.63) is 52.4 Å². The van der Waals surface area contributed by atoms with E-state index < -0.39 is 5.83 Å². The number of hydrogen-bond acceptors (Lipinski definition) is 5. The van der Waals surface area contributed by atoms with Gasteiger partial charge in [0.1, 0.15) is 11.6 Å². The monoisotopic (exact) mass is 461 g/mol. The molecule has 2 N–H and O–H groups in total. The molecule has 0 saturated carbocycles. The van der Waals surface area contributed by atoms with Gasteiger partial charge in [0, 0.05) is 36.7 Å². The van der Waals surface area contributed by atoms with Crippen LogP contribution in [0.1, 0.15) is 51.2 Å². The minimum Gasteiger partial charge on any atom is -0.496 e. The first-order chi connectivity index (χ1) is 15.6. The Morgan fingerprint density at radius 3 is 2.64 bits per heavy atom.